The van der Waals surface area contributed by atoms with Gasteiger partial charge in [-0.1, -0.05) is 53.5 Å². The van der Waals surface area contributed by atoms with Gasteiger partial charge in [0, 0.05) is 36.8 Å². The molecule has 12 heteroatoms. The van der Waals surface area contributed by atoms with Gasteiger partial charge in [0.1, 0.15) is 16.3 Å². The van der Waals surface area contributed by atoms with Crippen molar-refractivity contribution in [3.8, 4) is 0 Å². The van der Waals surface area contributed by atoms with Crippen LogP contribution in [0.4, 0.5) is 4.79 Å². The van der Waals surface area contributed by atoms with E-state index in [2.05, 4.69) is 9.71 Å². The number of amidine groups is 1. The molecule has 3 rings (SSSR count). The van der Waals surface area contributed by atoms with E-state index < -0.39 is 21.7 Å². The minimum Gasteiger partial charge on any atom is -0.443 e. The molecule has 1 N–H and O–H groups in total. The van der Waals surface area contributed by atoms with Crippen molar-refractivity contribution < 1.29 is 22.7 Å². The van der Waals surface area contributed by atoms with Crippen molar-refractivity contribution >= 4 is 51.1 Å². The third-order valence-corrected chi connectivity index (χ3v) is 8.16. The number of nitrogens with zero attached hydrogens (tertiary/aromatic N) is 3. The Bertz CT molecular complexity index is 1400. The van der Waals surface area contributed by atoms with Crippen LogP contribution in [0, 0.1) is 6.92 Å². The first-order valence-electron chi connectivity index (χ1n) is 12.2. The zero-order chi connectivity index (χ0) is 29.0. The van der Waals surface area contributed by atoms with Gasteiger partial charge in [-0.25, -0.2) is 17.9 Å². The van der Waals surface area contributed by atoms with E-state index in [1.165, 1.54) is 34.1 Å². The van der Waals surface area contributed by atoms with E-state index in [0.717, 1.165) is 11.1 Å². The Kier molecular flexibility index (Phi) is 9.82. The van der Waals surface area contributed by atoms with E-state index >= 15 is 0 Å². The molecule has 0 radical (unpaired) electrons. The zero-order valence-electron chi connectivity index (χ0n) is 22.5. The standard InChI is InChI=1S/C27H32Cl2N4O5S/c1-18-21(28)12-13-22(24(18)29)39(36,37)31-14-6-7-23(34)32(5)17-19-8-10-20(11-9-19)25-30-15-16-33(25)26(35)38-27(2,3)4/h6-13,31H,14-17H2,1-5H3/b7-6+. The molecule has 0 aliphatic carbocycles. The van der Waals surface area contributed by atoms with Crippen LogP contribution >= 0.6 is 23.2 Å². The molecule has 0 unspecified atom stereocenters. The summed E-state index contributed by atoms with van der Waals surface area (Å²) in [5, 5.41) is 0.426. The number of benzene rings is 2. The highest BCUT2D eigenvalue weighted by Gasteiger charge is 2.29. The Hall–Kier alpha value is -2.92. The van der Waals surface area contributed by atoms with Crippen molar-refractivity contribution in [2.45, 2.75) is 44.7 Å². The smallest absolute Gasteiger partial charge is 0.416 e. The highest BCUT2D eigenvalue weighted by Crippen LogP contribution is 2.30. The second kappa shape index (κ2) is 12.5. The van der Waals surface area contributed by atoms with Gasteiger partial charge in [-0.3, -0.25) is 14.7 Å². The molecular formula is C27H32Cl2N4O5S. The van der Waals surface area contributed by atoms with Gasteiger partial charge in [-0.15, -0.1) is 0 Å². The molecule has 39 heavy (non-hydrogen) atoms. The summed E-state index contributed by atoms with van der Waals surface area (Å²) >= 11 is 12.1. The molecule has 0 aromatic heterocycles. The fourth-order valence-electron chi connectivity index (χ4n) is 3.67. The number of halogens is 2. The second-order valence-corrected chi connectivity index (χ2v) is 12.5. The number of amides is 2. The highest BCUT2D eigenvalue weighted by molar-refractivity contribution is 7.89. The third kappa shape index (κ3) is 8.04. The molecule has 0 bridgehead atoms. The first kappa shape index (κ1) is 30.6. The summed E-state index contributed by atoms with van der Waals surface area (Å²) in [5.41, 5.74) is 1.52. The molecule has 210 valence electrons. The number of hydrogen-bond donors (Lipinski definition) is 1. The summed E-state index contributed by atoms with van der Waals surface area (Å²) < 4.78 is 33.0. The van der Waals surface area contributed by atoms with Crippen molar-refractivity contribution in [2.75, 3.05) is 26.7 Å². The maximum atomic E-state index is 12.6. The quantitative estimate of drug-likeness (QED) is 0.442. The Morgan fingerprint density at radius 3 is 2.46 bits per heavy atom. The van der Waals surface area contributed by atoms with E-state index in [1.54, 1.807) is 14.0 Å². The van der Waals surface area contributed by atoms with E-state index in [-0.39, 0.29) is 22.4 Å². The van der Waals surface area contributed by atoms with Gasteiger partial charge >= 0.3 is 6.09 Å². The molecule has 0 saturated carbocycles. The van der Waals surface area contributed by atoms with Gasteiger partial charge in [0.2, 0.25) is 15.9 Å². The molecule has 0 atom stereocenters. The average molecular weight is 596 g/mol. The summed E-state index contributed by atoms with van der Waals surface area (Å²) in [4.78, 5) is 32.5. The van der Waals surface area contributed by atoms with Crippen molar-refractivity contribution in [1.82, 2.24) is 14.5 Å². The Labute approximate surface area is 239 Å². The van der Waals surface area contributed by atoms with Crippen LogP contribution in [0.3, 0.4) is 0 Å². The van der Waals surface area contributed by atoms with Gasteiger partial charge in [-0.2, -0.15) is 0 Å². The number of carbonyl (C=O) groups is 2. The van der Waals surface area contributed by atoms with Crippen LogP contribution in [0.2, 0.25) is 10.0 Å². The van der Waals surface area contributed by atoms with Gasteiger partial charge < -0.3 is 9.64 Å². The molecule has 2 amide bonds. The molecule has 1 aliphatic heterocycles. The summed E-state index contributed by atoms with van der Waals surface area (Å²) in [6, 6.07) is 10.2. The molecule has 9 nitrogen and oxygen atoms in total. The molecule has 1 aliphatic rings. The maximum Gasteiger partial charge on any atom is 0.416 e. The minimum absolute atomic E-state index is 0.0540. The summed E-state index contributed by atoms with van der Waals surface area (Å²) in [7, 11) is -2.24. The number of sulfonamides is 1. The predicted molar refractivity (Wildman–Crippen MR) is 153 cm³/mol. The number of ether oxygens (including phenoxy) is 1. The fraction of sp³-hybridized carbons (Fsp3) is 0.370. The lowest BCUT2D eigenvalue weighted by atomic mass is 10.1. The molecule has 1 heterocycles. The molecule has 0 spiro atoms. The Balaban J connectivity index is 1.55. The van der Waals surface area contributed by atoms with Crippen LogP contribution in [0.1, 0.15) is 37.5 Å². The van der Waals surface area contributed by atoms with E-state index in [4.69, 9.17) is 27.9 Å². The first-order valence-corrected chi connectivity index (χ1v) is 14.4. The molecule has 2 aromatic carbocycles. The number of hydrogen-bond acceptors (Lipinski definition) is 6. The largest absolute Gasteiger partial charge is 0.443 e. The van der Waals surface area contributed by atoms with Gasteiger partial charge in [0.05, 0.1) is 18.1 Å². The van der Waals surface area contributed by atoms with Crippen molar-refractivity contribution in [3.05, 3.63) is 75.3 Å². The normalized spacial score (nSPS) is 14.0. The lowest BCUT2D eigenvalue weighted by molar-refractivity contribution is -0.125. The topological polar surface area (TPSA) is 108 Å². The fourth-order valence-corrected chi connectivity index (χ4v) is 5.45. The SMILES string of the molecule is Cc1c(Cl)ccc(S(=O)(=O)NC/C=C/C(=O)N(C)Cc2ccc(C3=NCCN3C(=O)OC(C)(C)C)cc2)c1Cl. The Morgan fingerprint density at radius 1 is 1.15 bits per heavy atom. The van der Waals surface area contributed by atoms with E-state index in [9.17, 15) is 18.0 Å². The maximum absolute atomic E-state index is 12.6. The lowest BCUT2D eigenvalue weighted by Gasteiger charge is -2.25. The van der Waals surface area contributed by atoms with Crippen LogP contribution in [-0.4, -0.2) is 68.3 Å². The van der Waals surface area contributed by atoms with Crippen LogP contribution in [0.5, 0.6) is 0 Å². The van der Waals surface area contributed by atoms with Crippen molar-refractivity contribution in [3.63, 3.8) is 0 Å². The van der Waals surface area contributed by atoms with E-state index in [1.807, 2.05) is 45.0 Å². The molecule has 0 saturated heterocycles. The summed E-state index contributed by atoms with van der Waals surface area (Å²) in [6.45, 7) is 8.28. The minimum atomic E-state index is -3.89. The van der Waals surface area contributed by atoms with Gasteiger partial charge in [0.15, 0.2) is 0 Å². The van der Waals surface area contributed by atoms with Crippen LogP contribution in [-0.2, 0) is 26.1 Å². The summed E-state index contributed by atoms with van der Waals surface area (Å²) in [6.07, 6.45) is 2.30. The third-order valence-electron chi connectivity index (χ3n) is 5.69. The van der Waals surface area contributed by atoms with Crippen LogP contribution < -0.4 is 4.72 Å². The molecule has 2 aromatic rings. The Morgan fingerprint density at radius 2 is 1.82 bits per heavy atom. The number of rotatable bonds is 8. The van der Waals surface area contributed by atoms with Crippen LogP contribution in [0.15, 0.2) is 58.4 Å². The summed E-state index contributed by atoms with van der Waals surface area (Å²) in [5.74, 6) is 0.260. The number of aliphatic imine (C=N–C) groups is 1. The van der Waals surface area contributed by atoms with Gasteiger partial charge in [-0.05, 0) is 51.0 Å². The van der Waals surface area contributed by atoms with Crippen molar-refractivity contribution in [1.29, 1.82) is 0 Å². The zero-order valence-corrected chi connectivity index (χ0v) is 24.8. The predicted octanol–water partition coefficient (Wildman–Crippen LogP) is 4.79. The molecular weight excluding hydrogens is 563 g/mol. The van der Waals surface area contributed by atoms with E-state index in [0.29, 0.717) is 36.1 Å². The highest BCUT2D eigenvalue weighted by atomic mass is 35.5. The molecule has 0 fully saturated rings. The van der Waals surface area contributed by atoms with Crippen molar-refractivity contribution in [2.24, 2.45) is 4.99 Å². The second-order valence-electron chi connectivity index (χ2n) is 9.97. The average Bonchev–Trinajstić information content (AvgIpc) is 3.34. The van der Waals surface area contributed by atoms with Crippen LogP contribution in [0.25, 0.3) is 0 Å². The number of nitrogens with one attached hydrogen (secondary N) is 1. The lowest BCUT2D eigenvalue weighted by Crippen LogP contribution is -2.39. The monoisotopic (exact) mass is 594 g/mol. The number of carbonyl (C=O) groups excluding carboxylic acids is 2. The van der Waals surface area contributed by atoms with Gasteiger partial charge in [0.25, 0.3) is 0 Å². The number of likely N-dealkylation sites (N-methyl/N-ethyl adjacent to an activating group) is 1. The first-order chi connectivity index (χ1) is 18.2.